The Labute approximate surface area is 183 Å². The predicted molar refractivity (Wildman–Crippen MR) is 118 cm³/mol. The molecule has 1 spiro atoms. The number of hydrogen-bond acceptors (Lipinski definition) is 3. The largest absolute Gasteiger partial charge is 0.393 e. The highest BCUT2D eigenvalue weighted by atomic mass is 16.7. The minimum atomic E-state index is -0.282. The Hall–Kier alpha value is -0.120. The highest BCUT2D eigenvalue weighted by Crippen LogP contribution is 2.71. The van der Waals surface area contributed by atoms with Gasteiger partial charge in [0.1, 0.15) is 0 Å². The highest BCUT2D eigenvalue weighted by molar-refractivity contribution is 5.15. The van der Waals surface area contributed by atoms with Crippen LogP contribution in [0, 0.1) is 52.3 Å². The van der Waals surface area contributed by atoms with E-state index in [2.05, 4.69) is 27.7 Å². The molecule has 2 aliphatic heterocycles. The lowest BCUT2D eigenvalue weighted by Gasteiger charge is -2.61. The number of ether oxygens (including phenoxy) is 2. The van der Waals surface area contributed by atoms with E-state index in [0.29, 0.717) is 34.7 Å². The molecule has 4 saturated carbocycles. The van der Waals surface area contributed by atoms with E-state index in [9.17, 15) is 5.11 Å². The summed E-state index contributed by atoms with van der Waals surface area (Å²) >= 11 is 0. The van der Waals surface area contributed by atoms with E-state index >= 15 is 0 Å². The van der Waals surface area contributed by atoms with Crippen LogP contribution in [-0.4, -0.2) is 29.7 Å². The summed E-state index contributed by atoms with van der Waals surface area (Å²) in [5, 5.41) is 10.3. The first kappa shape index (κ1) is 20.5. The summed E-state index contributed by atoms with van der Waals surface area (Å²) in [6.07, 6.45) is 12.9. The van der Waals surface area contributed by atoms with Gasteiger partial charge < -0.3 is 14.6 Å². The Morgan fingerprint density at radius 2 is 1.63 bits per heavy atom. The summed E-state index contributed by atoms with van der Waals surface area (Å²) in [5.74, 6) is 4.93. The molecule has 30 heavy (non-hydrogen) atoms. The van der Waals surface area contributed by atoms with Crippen LogP contribution in [0.3, 0.4) is 0 Å². The van der Waals surface area contributed by atoms with Gasteiger partial charge in [-0.1, -0.05) is 27.7 Å². The molecule has 2 saturated heterocycles. The molecule has 6 aliphatic rings. The van der Waals surface area contributed by atoms with E-state index in [1.54, 1.807) is 0 Å². The summed E-state index contributed by atoms with van der Waals surface area (Å²) in [7, 11) is 0. The molecular formula is C27H44O3. The fourth-order valence-electron chi connectivity index (χ4n) is 10.3. The fraction of sp³-hybridized carbons (Fsp3) is 1.00. The molecule has 6 fully saturated rings. The molecule has 0 amide bonds. The van der Waals surface area contributed by atoms with Crippen LogP contribution in [0.15, 0.2) is 0 Å². The van der Waals surface area contributed by atoms with Gasteiger partial charge in [-0.15, -0.1) is 0 Å². The summed E-state index contributed by atoms with van der Waals surface area (Å²) in [5.41, 5.74) is 0.899. The maximum atomic E-state index is 10.3. The molecule has 12 atom stereocenters. The second kappa shape index (κ2) is 6.70. The lowest BCUT2D eigenvalue weighted by Crippen LogP contribution is -2.55. The van der Waals surface area contributed by atoms with E-state index in [1.807, 2.05) is 0 Å². The van der Waals surface area contributed by atoms with Crippen LogP contribution in [0.2, 0.25) is 0 Å². The Morgan fingerprint density at radius 1 is 0.833 bits per heavy atom. The van der Waals surface area contributed by atoms with E-state index in [-0.39, 0.29) is 11.9 Å². The Bertz CT molecular complexity index is 684. The molecular weight excluding hydrogens is 372 g/mol. The first-order valence-electron chi connectivity index (χ1n) is 13.3. The predicted octanol–water partition coefficient (Wildman–Crippen LogP) is 5.79. The van der Waals surface area contributed by atoms with Crippen molar-refractivity contribution in [2.45, 2.75) is 110 Å². The van der Waals surface area contributed by atoms with Crippen molar-refractivity contribution in [1.29, 1.82) is 0 Å². The summed E-state index contributed by atoms with van der Waals surface area (Å²) in [4.78, 5) is 0. The van der Waals surface area contributed by atoms with Crippen LogP contribution in [0.4, 0.5) is 0 Å². The second-order valence-corrected chi connectivity index (χ2v) is 13.1. The molecule has 3 nitrogen and oxygen atoms in total. The standard InChI is InChI=1S/C27H44O3/c1-16-7-12-27(29-15-16)17(2)24-23(30-27)14-22-20-6-5-18-13-19(28)8-10-25(18,3)21(20)9-11-26(22,24)4/h16-24,28H,5-15H2,1-4H3/t16-,17+,18+,19+,20?,21?,22?,23?,24?,25+,26+,27?/m1/s1. The number of fused-ring (bicyclic) bond motifs is 7. The third-order valence-electron chi connectivity index (χ3n) is 11.9. The number of aliphatic hydroxyl groups is 1. The topological polar surface area (TPSA) is 38.7 Å². The van der Waals surface area contributed by atoms with Gasteiger partial charge in [0, 0.05) is 12.3 Å². The Morgan fingerprint density at radius 3 is 2.40 bits per heavy atom. The normalized spacial score (nSPS) is 62.5. The molecule has 4 aliphatic carbocycles. The molecule has 1 N–H and O–H groups in total. The van der Waals surface area contributed by atoms with Crippen LogP contribution < -0.4 is 0 Å². The van der Waals surface area contributed by atoms with Gasteiger partial charge in [0.25, 0.3) is 0 Å². The quantitative estimate of drug-likeness (QED) is 0.543. The van der Waals surface area contributed by atoms with Crippen LogP contribution >= 0.6 is 0 Å². The zero-order valence-electron chi connectivity index (χ0n) is 19.7. The molecule has 2 heterocycles. The number of rotatable bonds is 0. The molecule has 0 bridgehead atoms. The van der Waals surface area contributed by atoms with Crippen molar-refractivity contribution in [2.75, 3.05) is 6.61 Å². The maximum absolute atomic E-state index is 10.3. The molecule has 6 unspecified atom stereocenters. The van der Waals surface area contributed by atoms with Crippen LogP contribution in [0.1, 0.15) is 91.9 Å². The maximum Gasteiger partial charge on any atom is 0.171 e. The van der Waals surface area contributed by atoms with Gasteiger partial charge in [0.05, 0.1) is 18.8 Å². The van der Waals surface area contributed by atoms with E-state index < -0.39 is 0 Å². The van der Waals surface area contributed by atoms with Crippen molar-refractivity contribution < 1.29 is 14.6 Å². The van der Waals surface area contributed by atoms with Crippen molar-refractivity contribution in [3.8, 4) is 0 Å². The van der Waals surface area contributed by atoms with E-state index in [4.69, 9.17) is 9.47 Å². The Balaban J connectivity index is 1.26. The third-order valence-corrected chi connectivity index (χ3v) is 11.9. The van der Waals surface area contributed by atoms with Gasteiger partial charge in [-0.2, -0.15) is 0 Å². The smallest absolute Gasteiger partial charge is 0.171 e. The molecule has 170 valence electrons. The van der Waals surface area contributed by atoms with E-state index in [1.165, 1.54) is 44.9 Å². The summed E-state index contributed by atoms with van der Waals surface area (Å²) in [6, 6.07) is 0. The lowest BCUT2D eigenvalue weighted by molar-refractivity contribution is -0.273. The SMILES string of the molecule is C[C@@H]1CCC2(OC1)OC1CC3C4CC[C@H]5C[C@@H](O)CC[C@]5(C)C4CC[C@]3(C)C1[C@@H]2C. The van der Waals surface area contributed by atoms with Crippen molar-refractivity contribution in [3.05, 3.63) is 0 Å². The van der Waals surface area contributed by atoms with Gasteiger partial charge in [0.15, 0.2) is 5.79 Å². The van der Waals surface area contributed by atoms with Crippen LogP contribution in [0.25, 0.3) is 0 Å². The van der Waals surface area contributed by atoms with Crippen molar-refractivity contribution in [2.24, 2.45) is 52.3 Å². The van der Waals surface area contributed by atoms with Gasteiger partial charge in [-0.3, -0.25) is 0 Å². The summed E-state index contributed by atoms with van der Waals surface area (Å²) < 4.78 is 13.4. The molecule has 0 aromatic heterocycles. The molecule has 3 heteroatoms. The minimum Gasteiger partial charge on any atom is -0.393 e. The third kappa shape index (κ3) is 2.61. The zero-order chi connectivity index (χ0) is 20.9. The lowest BCUT2D eigenvalue weighted by atomic mass is 9.44. The first-order valence-corrected chi connectivity index (χ1v) is 13.3. The summed E-state index contributed by atoms with van der Waals surface area (Å²) in [6.45, 7) is 10.9. The zero-order valence-corrected chi connectivity index (χ0v) is 19.7. The van der Waals surface area contributed by atoms with Gasteiger partial charge >= 0.3 is 0 Å². The monoisotopic (exact) mass is 416 g/mol. The van der Waals surface area contributed by atoms with Gasteiger partial charge in [-0.05, 0) is 104 Å². The van der Waals surface area contributed by atoms with E-state index in [0.717, 1.165) is 49.5 Å². The van der Waals surface area contributed by atoms with Crippen molar-refractivity contribution in [1.82, 2.24) is 0 Å². The Kier molecular flexibility index (Phi) is 4.58. The first-order chi connectivity index (χ1) is 14.3. The van der Waals surface area contributed by atoms with Crippen molar-refractivity contribution in [3.63, 3.8) is 0 Å². The fourth-order valence-corrected chi connectivity index (χ4v) is 10.3. The molecule has 0 aromatic rings. The van der Waals surface area contributed by atoms with Crippen molar-refractivity contribution >= 4 is 0 Å². The molecule has 0 radical (unpaired) electrons. The van der Waals surface area contributed by atoms with Gasteiger partial charge in [-0.25, -0.2) is 0 Å². The molecule has 0 aromatic carbocycles. The minimum absolute atomic E-state index is 0.0389. The van der Waals surface area contributed by atoms with Gasteiger partial charge in [0.2, 0.25) is 0 Å². The van der Waals surface area contributed by atoms with Crippen LogP contribution in [-0.2, 0) is 9.47 Å². The number of aliphatic hydroxyl groups excluding tert-OH is 1. The average molecular weight is 417 g/mol. The number of hydrogen-bond donors (Lipinski definition) is 1. The highest BCUT2D eigenvalue weighted by Gasteiger charge is 2.69. The molecule has 6 rings (SSSR count). The average Bonchev–Trinajstić information content (AvgIpc) is 3.16. The second-order valence-electron chi connectivity index (χ2n) is 13.1. The van der Waals surface area contributed by atoms with Crippen LogP contribution in [0.5, 0.6) is 0 Å².